The first-order chi connectivity index (χ1) is 11.3. The summed E-state index contributed by atoms with van der Waals surface area (Å²) in [7, 11) is 0. The Morgan fingerprint density at radius 2 is 1.65 bits per heavy atom. The van der Waals surface area contributed by atoms with Crippen LogP contribution in [0.2, 0.25) is 0 Å². The van der Waals surface area contributed by atoms with Crippen LogP contribution in [0.5, 0.6) is 0 Å². The molecule has 0 saturated carbocycles. The Balaban J connectivity index is 1.62. The molecule has 0 atom stereocenters. The van der Waals surface area contributed by atoms with Gasteiger partial charge in [0.15, 0.2) is 0 Å². The number of carbonyl (C=O) groups is 1. The summed E-state index contributed by atoms with van der Waals surface area (Å²) in [5.74, 6) is -0.367. The minimum Gasteiger partial charge on any atom is -0.457 e. The second-order valence-corrected chi connectivity index (χ2v) is 5.02. The molecule has 3 rings (SSSR count). The largest absolute Gasteiger partial charge is 0.457 e. The van der Waals surface area contributed by atoms with Crippen molar-refractivity contribution in [2.45, 2.75) is 6.61 Å². The van der Waals surface area contributed by atoms with E-state index in [1.54, 1.807) is 36.4 Å². The maximum Gasteiger partial charge on any atom is 0.338 e. The van der Waals surface area contributed by atoms with Crippen molar-refractivity contribution in [1.29, 1.82) is 5.26 Å². The Kier molecular flexibility index (Phi) is 4.21. The standard InChI is InChI=1S/C19H14N2O2/c20-13-15-3-5-16(6-4-15)14-23-19(22)17-7-9-18(10-8-17)21-11-1-2-12-21/h1-12H,14H2. The molecule has 0 radical (unpaired) electrons. The van der Waals surface area contributed by atoms with E-state index in [-0.39, 0.29) is 12.6 Å². The van der Waals surface area contributed by atoms with Crippen molar-refractivity contribution in [3.63, 3.8) is 0 Å². The van der Waals surface area contributed by atoms with Gasteiger partial charge in [-0.1, -0.05) is 12.1 Å². The third-order valence-corrected chi connectivity index (χ3v) is 3.46. The SMILES string of the molecule is N#Cc1ccc(COC(=O)c2ccc(-n3cccc3)cc2)cc1. The van der Waals surface area contributed by atoms with E-state index >= 15 is 0 Å². The number of hydrogen-bond acceptors (Lipinski definition) is 3. The maximum absolute atomic E-state index is 12.1. The molecule has 2 aromatic carbocycles. The summed E-state index contributed by atoms with van der Waals surface area (Å²) < 4.78 is 7.25. The highest BCUT2D eigenvalue weighted by molar-refractivity contribution is 5.89. The van der Waals surface area contributed by atoms with Gasteiger partial charge in [-0.25, -0.2) is 4.79 Å². The van der Waals surface area contributed by atoms with Crippen LogP contribution in [0, 0.1) is 11.3 Å². The van der Waals surface area contributed by atoms with Gasteiger partial charge in [-0.15, -0.1) is 0 Å². The van der Waals surface area contributed by atoms with E-state index < -0.39 is 0 Å². The van der Waals surface area contributed by atoms with Gasteiger partial charge in [0, 0.05) is 18.1 Å². The highest BCUT2D eigenvalue weighted by Gasteiger charge is 2.07. The zero-order valence-corrected chi connectivity index (χ0v) is 12.3. The van der Waals surface area contributed by atoms with Crippen LogP contribution in [0.4, 0.5) is 0 Å². The molecule has 0 bridgehead atoms. The Morgan fingerprint density at radius 3 is 2.26 bits per heavy atom. The van der Waals surface area contributed by atoms with Crippen LogP contribution in [-0.2, 0) is 11.3 Å². The van der Waals surface area contributed by atoms with E-state index in [0.29, 0.717) is 11.1 Å². The van der Waals surface area contributed by atoms with E-state index in [9.17, 15) is 4.79 Å². The van der Waals surface area contributed by atoms with Crippen LogP contribution in [0.1, 0.15) is 21.5 Å². The molecule has 0 amide bonds. The molecule has 0 aliphatic carbocycles. The smallest absolute Gasteiger partial charge is 0.338 e. The van der Waals surface area contributed by atoms with Crippen LogP contribution < -0.4 is 0 Å². The third-order valence-electron chi connectivity index (χ3n) is 3.46. The van der Waals surface area contributed by atoms with Gasteiger partial charge in [-0.3, -0.25) is 0 Å². The first-order valence-corrected chi connectivity index (χ1v) is 7.16. The first-order valence-electron chi connectivity index (χ1n) is 7.16. The summed E-state index contributed by atoms with van der Waals surface area (Å²) in [5.41, 5.74) is 2.93. The molecule has 4 heteroatoms. The van der Waals surface area contributed by atoms with Crippen molar-refractivity contribution in [2.75, 3.05) is 0 Å². The molecule has 1 heterocycles. The zero-order chi connectivity index (χ0) is 16.1. The first kappa shape index (κ1) is 14.6. The lowest BCUT2D eigenvalue weighted by Gasteiger charge is -2.07. The third kappa shape index (κ3) is 3.47. The molecule has 0 saturated heterocycles. The number of esters is 1. The minimum atomic E-state index is -0.367. The number of benzene rings is 2. The summed E-state index contributed by atoms with van der Waals surface area (Å²) >= 11 is 0. The van der Waals surface area contributed by atoms with Gasteiger partial charge in [-0.2, -0.15) is 5.26 Å². The van der Waals surface area contributed by atoms with Gasteiger partial charge in [0.25, 0.3) is 0 Å². The topological polar surface area (TPSA) is 55.0 Å². The van der Waals surface area contributed by atoms with Gasteiger partial charge in [0.1, 0.15) is 6.61 Å². The van der Waals surface area contributed by atoms with Crippen molar-refractivity contribution in [3.8, 4) is 11.8 Å². The molecule has 0 aliphatic rings. The number of aromatic nitrogens is 1. The van der Waals surface area contributed by atoms with Crippen molar-refractivity contribution in [3.05, 3.63) is 89.7 Å². The van der Waals surface area contributed by atoms with Crippen molar-refractivity contribution in [1.82, 2.24) is 4.57 Å². The molecule has 0 unspecified atom stereocenters. The van der Waals surface area contributed by atoms with E-state index in [4.69, 9.17) is 10.00 Å². The number of carbonyl (C=O) groups excluding carboxylic acids is 1. The Morgan fingerprint density at radius 1 is 1.00 bits per heavy atom. The lowest BCUT2D eigenvalue weighted by atomic mass is 10.1. The highest BCUT2D eigenvalue weighted by atomic mass is 16.5. The maximum atomic E-state index is 12.1. The van der Waals surface area contributed by atoms with Gasteiger partial charge in [0.2, 0.25) is 0 Å². The molecule has 0 spiro atoms. The summed E-state index contributed by atoms with van der Waals surface area (Å²) in [6.45, 7) is 0.184. The van der Waals surface area contributed by atoms with Crippen molar-refractivity contribution < 1.29 is 9.53 Å². The number of hydrogen-bond donors (Lipinski definition) is 0. The van der Waals surface area contributed by atoms with Crippen LogP contribution in [-0.4, -0.2) is 10.5 Å². The number of nitriles is 1. The molecular weight excluding hydrogens is 288 g/mol. The number of rotatable bonds is 4. The van der Waals surface area contributed by atoms with Crippen molar-refractivity contribution in [2.24, 2.45) is 0 Å². The molecule has 0 fully saturated rings. The second-order valence-electron chi connectivity index (χ2n) is 5.02. The summed E-state index contributed by atoms with van der Waals surface area (Å²) in [6, 6.07) is 20.1. The summed E-state index contributed by atoms with van der Waals surface area (Å²) in [4.78, 5) is 12.1. The zero-order valence-electron chi connectivity index (χ0n) is 12.3. The fraction of sp³-hybridized carbons (Fsp3) is 0.0526. The van der Waals surface area contributed by atoms with E-state index in [1.165, 1.54) is 0 Å². The summed E-state index contributed by atoms with van der Waals surface area (Å²) in [5, 5.41) is 8.75. The van der Waals surface area contributed by atoms with Crippen molar-refractivity contribution >= 4 is 5.97 Å². The Labute approximate surface area is 134 Å². The highest BCUT2D eigenvalue weighted by Crippen LogP contribution is 2.12. The van der Waals surface area contributed by atoms with Gasteiger partial charge >= 0.3 is 5.97 Å². The van der Waals surface area contributed by atoms with E-state index in [1.807, 2.05) is 41.2 Å². The molecule has 112 valence electrons. The van der Waals surface area contributed by atoms with Gasteiger partial charge in [-0.05, 0) is 54.1 Å². The molecule has 4 nitrogen and oxygen atoms in total. The van der Waals surface area contributed by atoms with E-state index in [2.05, 4.69) is 6.07 Å². The monoisotopic (exact) mass is 302 g/mol. The van der Waals surface area contributed by atoms with Gasteiger partial charge in [0.05, 0.1) is 17.2 Å². The quantitative estimate of drug-likeness (QED) is 0.690. The Hall–Kier alpha value is -3.32. The van der Waals surface area contributed by atoms with Crippen LogP contribution in [0.25, 0.3) is 5.69 Å². The fourth-order valence-electron chi connectivity index (χ4n) is 2.18. The van der Waals surface area contributed by atoms with Crippen LogP contribution >= 0.6 is 0 Å². The molecule has 0 aliphatic heterocycles. The molecule has 0 N–H and O–H groups in total. The van der Waals surface area contributed by atoms with Crippen LogP contribution in [0.15, 0.2) is 73.1 Å². The number of ether oxygens (including phenoxy) is 1. The predicted molar refractivity (Wildman–Crippen MR) is 86.0 cm³/mol. The number of nitrogens with zero attached hydrogens (tertiary/aromatic N) is 2. The minimum absolute atomic E-state index is 0.184. The molecule has 1 aromatic heterocycles. The lowest BCUT2D eigenvalue weighted by molar-refractivity contribution is 0.0473. The summed E-state index contributed by atoms with van der Waals surface area (Å²) in [6.07, 6.45) is 3.89. The predicted octanol–water partition coefficient (Wildman–Crippen LogP) is 3.71. The molecule has 3 aromatic rings. The average molecular weight is 302 g/mol. The second kappa shape index (κ2) is 6.63. The normalized spacial score (nSPS) is 10.0. The Bertz CT molecular complexity index is 827. The average Bonchev–Trinajstić information content (AvgIpc) is 3.15. The molecular formula is C19H14N2O2. The van der Waals surface area contributed by atoms with Gasteiger partial charge < -0.3 is 9.30 Å². The molecule has 23 heavy (non-hydrogen) atoms. The van der Waals surface area contributed by atoms with Crippen LogP contribution in [0.3, 0.4) is 0 Å². The van der Waals surface area contributed by atoms with E-state index in [0.717, 1.165) is 11.3 Å². The fourth-order valence-corrected chi connectivity index (χ4v) is 2.18. The lowest BCUT2D eigenvalue weighted by Crippen LogP contribution is -2.05.